The number of pyridine rings is 2. The fourth-order valence-electron chi connectivity index (χ4n) is 7.54. The Morgan fingerprint density at radius 2 is 1.47 bits per heavy atom. The van der Waals surface area contributed by atoms with E-state index in [1.54, 1.807) is 0 Å². The lowest BCUT2D eigenvalue weighted by Crippen LogP contribution is -2.29. The number of fused-ring (bicyclic) bond motifs is 9. The highest BCUT2D eigenvalue weighted by atomic mass is 16.5. The van der Waals surface area contributed by atoms with Gasteiger partial charge in [0, 0.05) is 35.1 Å². The van der Waals surface area contributed by atoms with Gasteiger partial charge >= 0.3 is 0 Å². The molecule has 5 heteroatoms. The number of nitrogens with zero attached hydrogens (tertiary/aromatic N) is 3. The van der Waals surface area contributed by atoms with Gasteiger partial charge in [0.2, 0.25) is 0 Å². The summed E-state index contributed by atoms with van der Waals surface area (Å²) in [5.74, 6) is 1.20. The monoisotopic (exact) mass is 581 g/mol. The van der Waals surface area contributed by atoms with Gasteiger partial charge in [0.25, 0.3) is 0 Å². The molecule has 2 aliphatic carbocycles. The number of rotatable bonds is 3. The van der Waals surface area contributed by atoms with E-state index in [2.05, 4.69) is 118 Å². The molecule has 5 nitrogen and oxygen atoms in total. The molecular weight excluding hydrogens is 554 g/mol. The van der Waals surface area contributed by atoms with Gasteiger partial charge in [-0.15, -0.1) is 0 Å². The number of ether oxygens (including phenoxy) is 1. The molecule has 4 aliphatic rings. The number of furan rings is 1. The van der Waals surface area contributed by atoms with Crippen molar-refractivity contribution in [3.8, 4) is 16.9 Å². The van der Waals surface area contributed by atoms with Crippen LogP contribution in [0, 0.1) is 0 Å². The smallest absolute Gasteiger partial charge is 0.153 e. The Kier molecular flexibility index (Phi) is 5.17. The van der Waals surface area contributed by atoms with Gasteiger partial charge < -0.3 is 14.1 Å². The van der Waals surface area contributed by atoms with Crippen molar-refractivity contribution in [1.82, 2.24) is 9.97 Å². The van der Waals surface area contributed by atoms with Crippen LogP contribution in [0.15, 0.2) is 155 Å². The number of allylic oxidation sites excluding steroid dienone is 4. The van der Waals surface area contributed by atoms with E-state index in [-0.39, 0.29) is 24.0 Å². The Morgan fingerprint density at radius 3 is 2.40 bits per heavy atom. The first-order valence-corrected chi connectivity index (χ1v) is 15.5. The molecule has 4 unspecified atom stereocenters. The average molecular weight is 582 g/mol. The lowest BCUT2D eigenvalue weighted by Gasteiger charge is -2.30. The molecular formula is C40H27N3O2. The minimum absolute atomic E-state index is 0.00258. The largest absolute Gasteiger partial charge is 0.483 e. The van der Waals surface area contributed by atoms with Gasteiger partial charge in [-0.3, -0.25) is 9.97 Å². The summed E-state index contributed by atoms with van der Waals surface area (Å²) in [4.78, 5) is 11.8. The zero-order valence-electron chi connectivity index (χ0n) is 24.2. The van der Waals surface area contributed by atoms with Crippen LogP contribution >= 0.6 is 0 Å². The molecule has 214 valence electrons. The lowest BCUT2D eigenvalue weighted by molar-refractivity contribution is 0.268. The van der Waals surface area contributed by atoms with Gasteiger partial charge in [-0.2, -0.15) is 0 Å². The number of hydrogen-bond donors (Lipinski definition) is 0. The van der Waals surface area contributed by atoms with Crippen LogP contribution in [0.2, 0.25) is 0 Å². The van der Waals surface area contributed by atoms with Crippen LogP contribution in [0.4, 0.5) is 11.4 Å². The van der Waals surface area contributed by atoms with E-state index in [0.717, 1.165) is 39.1 Å². The van der Waals surface area contributed by atoms with Crippen LogP contribution in [0.3, 0.4) is 0 Å². The first kappa shape index (κ1) is 24.7. The summed E-state index contributed by atoms with van der Waals surface area (Å²) in [5.41, 5.74) is 12.1. The molecule has 2 aliphatic heterocycles. The van der Waals surface area contributed by atoms with Crippen LogP contribution in [0.25, 0.3) is 33.2 Å². The molecule has 0 bridgehead atoms. The quantitative estimate of drug-likeness (QED) is 0.209. The molecule has 4 atom stereocenters. The van der Waals surface area contributed by atoms with Crippen LogP contribution in [0.1, 0.15) is 23.1 Å². The zero-order valence-corrected chi connectivity index (χ0v) is 24.2. The molecule has 10 rings (SSSR count). The zero-order chi connectivity index (χ0) is 29.5. The van der Waals surface area contributed by atoms with Crippen molar-refractivity contribution in [3.63, 3.8) is 0 Å². The van der Waals surface area contributed by atoms with Crippen molar-refractivity contribution in [1.29, 1.82) is 0 Å². The Bertz CT molecular complexity index is 2290. The molecule has 45 heavy (non-hydrogen) atoms. The molecule has 0 fully saturated rings. The van der Waals surface area contributed by atoms with Crippen LogP contribution in [-0.4, -0.2) is 22.1 Å². The maximum Gasteiger partial charge on any atom is 0.153 e. The number of para-hydroxylation sites is 1. The highest BCUT2D eigenvalue weighted by Gasteiger charge is 2.40. The highest BCUT2D eigenvalue weighted by molar-refractivity contribution is 6.04. The van der Waals surface area contributed by atoms with Gasteiger partial charge in [0.05, 0.1) is 17.7 Å². The summed E-state index contributed by atoms with van der Waals surface area (Å²) in [6, 6.07) is 32.1. The molecule has 0 saturated heterocycles. The number of aromatic nitrogens is 2. The maximum absolute atomic E-state index is 6.18. The minimum Gasteiger partial charge on any atom is -0.483 e. The van der Waals surface area contributed by atoms with E-state index < -0.39 is 0 Å². The molecule has 6 aromatic rings. The summed E-state index contributed by atoms with van der Waals surface area (Å²) in [7, 11) is 0. The minimum atomic E-state index is 0.00258. The van der Waals surface area contributed by atoms with Crippen LogP contribution < -0.4 is 9.64 Å². The first-order chi connectivity index (χ1) is 22.3. The fraction of sp³-hybridized carbons (Fsp3) is 0.100. The van der Waals surface area contributed by atoms with Crippen molar-refractivity contribution in [2.75, 3.05) is 4.90 Å². The summed E-state index contributed by atoms with van der Waals surface area (Å²) in [6.07, 6.45) is 17.5. The van der Waals surface area contributed by atoms with Gasteiger partial charge in [-0.05, 0) is 94.6 Å². The number of anilines is 2. The lowest BCUT2D eigenvalue weighted by atomic mass is 9.82. The Morgan fingerprint density at radius 1 is 0.667 bits per heavy atom. The summed E-state index contributed by atoms with van der Waals surface area (Å²) >= 11 is 0. The van der Waals surface area contributed by atoms with Crippen molar-refractivity contribution in [2.24, 2.45) is 0 Å². The Hall–Kier alpha value is -5.68. The normalized spacial score (nSPS) is 22.4. The van der Waals surface area contributed by atoms with Gasteiger partial charge in [-0.1, -0.05) is 60.7 Å². The van der Waals surface area contributed by atoms with Crippen molar-refractivity contribution in [2.45, 2.75) is 24.0 Å². The Labute approximate surface area is 260 Å². The van der Waals surface area contributed by atoms with Gasteiger partial charge in [0.1, 0.15) is 23.0 Å². The standard InChI is InChI=1S/C40H27N3O2/c1-2-6-28(7-3-1)43-33-14-10-24(26-12-16-35-31(22-26)39-37(44-35)8-4-18-41-39)20-29(33)30-21-25(11-15-34(30)43)27-13-17-36-32(23-27)40-38(45-36)9-5-19-42-40/h1-23,29,31,33,35H. The Balaban J connectivity index is 1.08. The third kappa shape index (κ3) is 3.74. The van der Waals surface area contributed by atoms with E-state index in [1.807, 2.05) is 36.7 Å². The van der Waals surface area contributed by atoms with E-state index in [0.29, 0.717) is 0 Å². The molecule has 0 saturated carbocycles. The SMILES string of the molecule is C1=CC2Oc3cccnc3C2C=C1C1=CC2c3cc(-c4ccc5oc6cccnc6c5c4)ccc3N(c3ccccc3)C2C=C1. The topological polar surface area (TPSA) is 51.4 Å². The third-order valence-electron chi connectivity index (χ3n) is 9.63. The predicted octanol–water partition coefficient (Wildman–Crippen LogP) is 9.18. The number of benzene rings is 3. The fourth-order valence-corrected chi connectivity index (χ4v) is 7.54. The van der Waals surface area contributed by atoms with Gasteiger partial charge in [-0.25, -0.2) is 0 Å². The number of hydrogen-bond acceptors (Lipinski definition) is 5. The molecule has 0 amide bonds. The van der Waals surface area contributed by atoms with Crippen molar-refractivity contribution >= 4 is 33.4 Å². The second kappa shape index (κ2) is 9.41. The van der Waals surface area contributed by atoms with E-state index >= 15 is 0 Å². The van der Waals surface area contributed by atoms with E-state index in [9.17, 15) is 0 Å². The summed E-state index contributed by atoms with van der Waals surface area (Å²) in [6.45, 7) is 0. The van der Waals surface area contributed by atoms with Gasteiger partial charge in [0.15, 0.2) is 5.58 Å². The van der Waals surface area contributed by atoms with E-state index in [4.69, 9.17) is 9.15 Å². The molecule has 3 aromatic heterocycles. The highest BCUT2D eigenvalue weighted by Crippen LogP contribution is 2.51. The van der Waals surface area contributed by atoms with Crippen molar-refractivity contribution < 1.29 is 9.15 Å². The third-order valence-corrected chi connectivity index (χ3v) is 9.63. The van der Waals surface area contributed by atoms with Crippen molar-refractivity contribution in [3.05, 3.63) is 162 Å². The molecule has 5 heterocycles. The summed E-state index contributed by atoms with van der Waals surface area (Å²) < 4.78 is 12.2. The average Bonchev–Trinajstić information content (AvgIpc) is 3.77. The summed E-state index contributed by atoms with van der Waals surface area (Å²) in [5, 5.41) is 1.04. The molecule has 0 radical (unpaired) electrons. The first-order valence-electron chi connectivity index (χ1n) is 15.5. The second-order valence-electron chi connectivity index (χ2n) is 12.1. The van der Waals surface area contributed by atoms with E-state index in [1.165, 1.54) is 33.6 Å². The van der Waals surface area contributed by atoms with Crippen LogP contribution in [-0.2, 0) is 0 Å². The maximum atomic E-state index is 6.18. The molecule has 3 aromatic carbocycles. The predicted molar refractivity (Wildman–Crippen MR) is 178 cm³/mol. The second-order valence-corrected chi connectivity index (χ2v) is 12.1. The van der Waals surface area contributed by atoms with Crippen LogP contribution in [0.5, 0.6) is 5.75 Å². The molecule has 0 N–H and O–H groups in total. The molecule has 0 spiro atoms.